The quantitative estimate of drug-likeness (QED) is 0.410. The number of thiophene rings is 1. The van der Waals surface area contributed by atoms with Crippen LogP contribution in [0, 0.1) is 6.92 Å². The van der Waals surface area contributed by atoms with Crippen LogP contribution in [0.15, 0.2) is 60.7 Å². The number of ether oxygens (including phenoxy) is 1. The summed E-state index contributed by atoms with van der Waals surface area (Å²) in [5, 5.41) is 0.807. The van der Waals surface area contributed by atoms with Crippen molar-refractivity contribution >= 4 is 33.2 Å². The van der Waals surface area contributed by atoms with E-state index in [9.17, 15) is 4.79 Å². The highest BCUT2D eigenvalue weighted by molar-refractivity contribution is 7.21. The van der Waals surface area contributed by atoms with Gasteiger partial charge in [0, 0.05) is 10.9 Å². The first-order valence-corrected chi connectivity index (χ1v) is 10.4. The number of rotatable bonds is 5. The van der Waals surface area contributed by atoms with Crippen molar-refractivity contribution in [1.29, 1.82) is 0 Å². The van der Waals surface area contributed by atoms with E-state index < -0.39 is 0 Å². The monoisotopic (exact) mass is 402 g/mol. The van der Waals surface area contributed by atoms with E-state index in [0.29, 0.717) is 17.2 Å². The minimum atomic E-state index is -0.386. The number of carbonyl (C=O) groups excluding carboxylic acids is 1. The summed E-state index contributed by atoms with van der Waals surface area (Å²) < 4.78 is 5.33. The van der Waals surface area contributed by atoms with Crippen LogP contribution in [0.4, 0.5) is 5.69 Å². The van der Waals surface area contributed by atoms with E-state index in [1.165, 1.54) is 16.9 Å². The number of esters is 1. The van der Waals surface area contributed by atoms with Crippen molar-refractivity contribution in [3.8, 4) is 22.4 Å². The maximum absolute atomic E-state index is 12.5. The number of fused-ring (bicyclic) bond motifs is 1. The molecule has 0 aliphatic heterocycles. The zero-order chi connectivity index (χ0) is 20.4. The Morgan fingerprint density at radius 2 is 1.79 bits per heavy atom. The second-order valence-electron chi connectivity index (χ2n) is 6.95. The normalized spacial score (nSPS) is 11.0. The molecule has 0 saturated heterocycles. The van der Waals surface area contributed by atoms with E-state index in [4.69, 9.17) is 15.5 Å². The lowest BCUT2D eigenvalue weighted by Crippen LogP contribution is -2.06. The minimum Gasteiger partial charge on any atom is -0.461 e. The molecule has 4 nitrogen and oxygen atoms in total. The third kappa shape index (κ3) is 3.74. The molecule has 0 aliphatic rings. The number of anilines is 1. The Balaban J connectivity index is 1.95. The van der Waals surface area contributed by atoms with E-state index in [2.05, 4.69) is 31.2 Å². The van der Waals surface area contributed by atoms with Crippen molar-refractivity contribution in [2.24, 2.45) is 0 Å². The summed E-state index contributed by atoms with van der Waals surface area (Å²) in [5.41, 5.74) is 11.9. The van der Waals surface area contributed by atoms with E-state index in [1.54, 1.807) is 0 Å². The number of aryl methyl sites for hydroxylation is 1. The van der Waals surface area contributed by atoms with Gasteiger partial charge in [0.25, 0.3) is 0 Å². The van der Waals surface area contributed by atoms with Gasteiger partial charge < -0.3 is 10.5 Å². The van der Waals surface area contributed by atoms with Gasteiger partial charge in [-0.25, -0.2) is 9.78 Å². The van der Waals surface area contributed by atoms with Crippen molar-refractivity contribution in [2.75, 3.05) is 12.3 Å². The van der Waals surface area contributed by atoms with Gasteiger partial charge in [0.05, 0.1) is 18.0 Å². The zero-order valence-electron chi connectivity index (χ0n) is 16.4. The third-order valence-corrected chi connectivity index (χ3v) is 5.83. The van der Waals surface area contributed by atoms with E-state index in [-0.39, 0.29) is 5.97 Å². The number of nitrogens with two attached hydrogens (primary N) is 1. The number of nitrogen functional groups attached to an aromatic ring is 1. The SMILES string of the molecule is CCCOC(=O)c1sc2nc(-c3ccccc3)cc(-c3ccc(C)cc3)c2c1N. The Labute approximate surface area is 174 Å². The molecule has 0 bridgehead atoms. The van der Waals surface area contributed by atoms with Crippen molar-refractivity contribution in [3.63, 3.8) is 0 Å². The maximum atomic E-state index is 12.5. The van der Waals surface area contributed by atoms with Crippen LogP contribution in [0.3, 0.4) is 0 Å². The molecule has 4 aromatic rings. The van der Waals surface area contributed by atoms with Gasteiger partial charge in [0.2, 0.25) is 0 Å². The lowest BCUT2D eigenvalue weighted by Gasteiger charge is -2.09. The van der Waals surface area contributed by atoms with Crippen LogP contribution in [0.5, 0.6) is 0 Å². The van der Waals surface area contributed by atoms with Crippen molar-refractivity contribution in [1.82, 2.24) is 4.98 Å². The molecule has 2 heterocycles. The van der Waals surface area contributed by atoms with Crippen LogP contribution >= 0.6 is 11.3 Å². The summed E-state index contributed by atoms with van der Waals surface area (Å²) in [6, 6.07) is 20.4. The molecule has 0 amide bonds. The standard InChI is InChI=1S/C24H22N2O2S/c1-3-13-28-24(27)22-21(25)20-18(16-11-9-15(2)10-12-16)14-19(26-23(20)29-22)17-7-5-4-6-8-17/h4-12,14H,3,13,25H2,1-2H3. The molecular formula is C24H22N2O2S. The highest BCUT2D eigenvalue weighted by atomic mass is 32.1. The summed E-state index contributed by atoms with van der Waals surface area (Å²) >= 11 is 1.29. The highest BCUT2D eigenvalue weighted by Gasteiger charge is 2.22. The predicted molar refractivity (Wildman–Crippen MR) is 120 cm³/mol. The Kier molecular flexibility index (Phi) is 5.32. The van der Waals surface area contributed by atoms with Crippen molar-refractivity contribution < 1.29 is 9.53 Å². The van der Waals surface area contributed by atoms with Crippen molar-refractivity contribution in [2.45, 2.75) is 20.3 Å². The molecule has 5 heteroatoms. The summed E-state index contributed by atoms with van der Waals surface area (Å²) in [7, 11) is 0. The molecule has 0 unspecified atom stereocenters. The number of pyridine rings is 1. The van der Waals surface area contributed by atoms with E-state index in [1.807, 2.05) is 43.3 Å². The zero-order valence-corrected chi connectivity index (χ0v) is 17.3. The average molecular weight is 403 g/mol. The lowest BCUT2D eigenvalue weighted by atomic mass is 9.99. The molecule has 0 fully saturated rings. The van der Waals surface area contributed by atoms with E-state index in [0.717, 1.165) is 39.0 Å². The summed E-state index contributed by atoms with van der Waals surface area (Å²) in [5.74, 6) is -0.386. The average Bonchev–Trinajstić information content (AvgIpc) is 3.09. The number of hydrogen-bond donors (Lipinski definition) is 1. The lowest BCUT2D eigenvalue weighted by molar-refractivity contribution is 0.0512. The fourth-order valence-corrected chi connectivity index (χ4v) is 4.26. The highest BCUT2D eigenvalue weighted by Crippen LogP contribution is 2.41. The molecule has 146 valence electrons. The van der Waals surface area contributed by atoms with Crippen LogP contribution in [0.25, 0.3) is 32.6 Å². The molecule has 2 aromatic carbocycles. The first-order chi connectivity index (χ1) is 14.1. The molecular weight excluding hydrogens is 380 g/mol. The van der Waals surface area contributed by atoms with Gasteiger partial charge in [0.1, 0.15) is 9.71 Å². The predicted octanol–water partition coefficient (Wildman–Crippen LogP) is 6.09. The fourth-order valence-electron chi connectivity index (χ4n) is 3.25. The fraction of sp³-hybridized carbons (Fsp3) is 0.167. The number of hydrogen-bond acceptors (Lipinski definition) is 5. The van der Waals surface area contributed by atoms with Crippen LogP contribution < -0.4 is 5.73 Å². The Morgan fingerprint density at radius 3 is 2.48 bits per heavy atom. The van der Waals surface area contributed by atoms with E-state index >= 15 is 0 Å². The van der Waals surface area contributed by atoms with Crippen LogP contribution in [-0.2, 0) is 4.74 Å². The second-order valence-corrected chi connectivity index (χ2v) is 7.95. The minimum absolute atomic E-state index is 0.375. The molecule has 2 aromatic heterocycles. The molecule has 0 atom stereocenters. The third-order valence-electron chi connectivity index (χ3n) is 4.75. The second kappa shape index (κ2) is 8.05. The summed E-state index contributed by atoms with van der Waals surface area (Å²) in [6.45, 7) is 4.40. The van der Waals surface area contributed by atoms with Gasteiger partial charge in [-0.1, -0.05) is 67.1 Å². The number of carbonyl (C=O) groups is 1. The Bertz CT molecular complexity index is 1170. The van der Waals surface area contributed by atoms with Crippen LogP contribution in [-0.4, -0.2) is 17.6 Å². The van der Waals surface area contributed by atoms with Gasteiger partial charge in [-0.15, -0.1) is 11.3 Å². The van der Waals surface area contributed by atoms with Crippen molar-refractivity contribution in [3.05, 3.63) is 71.1 Å². The number of benzene rings is 2. The molecule has 4 rings (SSSR count). The van der Waals surface area contributed by atoms with Gasteiger partial charge in [-0.2, -0.15) is 0 Å². The van der Waals surface area contributed by atoms with Gasteiger partial charge in [0.15, 0.2) is 0 Å². The van der Waals surface area contributed by atoms with Crippen LogP contribution in [0.1, 0.15) is 28.6 Å². The molecule has 0 radical (unpaired) electrons. The van der Waals surface area contributed by atoms with Gasteiger partial charge in [-0.3, -0.25) is 0 Å². The molecule has 0 saturated carbocycles. The Hall–Kier alpha value is -3.18. The molecule has 0 aliphatic carbocycles. The maximum Gasteiger partial charge on any atom is 0.350 e. The molecule has 2 N–H and O–H groups in total. The number of aromatic nitrogens is 1. The largest absolute Gasteiger partial charge is 0.461 e. The topological polar surface area (TPSA) is 65.2 Å². The summed E-state index contributed by atoms with van der Waals surface area (Å²) in [6.07, 6.45) is 0.765. The van der Waals surface area contributed by atoms with Gasteiger partial charge >= 0.3 is 5.97 Å². The molecule has 29 heavy (non-hydrogen) atoms. The smallest absolute Gasteiger partial charge is 0.350 e. The summed E-state index contributed by atoms with van der Waals surface area (Å²) in [4.78, 5) is 18.5. The Morgan fingerprint density at radius 1 is 1.07 bits per heavy atom. The first kappa shape index (κ1) is 19.2. The van der Waals surface area contributed by atoms with Crippen LogP contribution in [0.2, 0.25) is 0 Å². The number of nitrogens with zero attached hydrogens (tertiary/aromatic N) is 1. The first-order valence-electron chi connectivity index (χ1n) is 9.61. The van der Waals surface area contributed by atoms with Gasteiger partial charge in [-0.05, 0) is 30.5 Å². The molecule has 0 spiro atoms.